The van der Waals surface area contributed by atoms with E-state index in [0.29, 0.717) is 19.4 Å². The summed E-state index contributed by atoms with van der Waals surface area (Å²) in [6, 6.07) is -1.23. The SMILES string of the molecule is N=C(N)NCCC[C@@H]1NC[C@H](C(=O)O)NC1=O. The van der Waals surface area contributed by atoms with Gasteiger partial charge < -0.3 is 26.8 Å². The minimum absolute atomic E-state index is 0.100. The van der Waals surface area contributed by atoms with Crippen LogP contribution in [0.3, 0.4) is 0 Å². The first-order valence-corrected chi connectivity index (χ1v) is 5.35. The summed E-state index contributed by atoms with van der Waals surface area (Å²) >= 11 is 0. The van der Waals surface area contributed by atoms with Crippen molar-refractivity contribution in [2.24, 2.45) is 5.73 Å². The van der Waals surface area contributed by atoms with Gasteiger partial charge in [0.15, 0.2) is 5.96 Å². The van der Waals surface area contributed by atoms with Crippen LogP contribution in [0.2, 0.25) is 0 Å². The second-order valence-electron chi connectivity index (χ2n) is 3.84. The van der Waals surface area contributed by atoms with Gasteiger partial charge >= 0.3 is 5.97 Å². The van der Waals surface area contributed by atoms with Gasteiger partial charge in [0.2, 0.25) is 5.91 Å². The summed E-state index contributed by atoms with van der Waals surface area (Å²) in [6.07, 6.45) is 1.24. The molecular weight excluding hydrogens is 226 g/mol. The number of nitrogens with two attached hydrogens (primary N) is 1. The summed E-state index contributed by atoms with van der Waals surface area (Å²) in [4.78, 5) is 22.2. The lowest BCUT2D eigenvalue weighted by molar-refractivity contribution is -0.143. The number of hydrogen-bond donors (Lipinski definition) is 6. The topological polar surface area (TPSA) is 140 Å². The molecule has 0 bridgehead atoms. The Morgan fingerprint density at radius 2 is 2.35 bits per heavy atom. The number of carbonyl (C=O) groups is 2. The van der Waals surface area contributed by atoms with Crippen LogP contribution in [0, 0.1) is 5.41 Å². The fourth-order valence-electron chi connectivity index (χ4n) is 1.59. The average molecular weight is 243 g/mol. The molecule has 1 fully saturated rings. The quantitative estimate of drug-likeness (QED) is 0.184. The van der Waals surface area contributed by atoms with E-state index in [2.05, 4.69) is 16.0 Å². The van der Waals surface area contributed by atoms with Crippen LogP contribution in [-0.2, 0) is 9.59 Å². The summed E-state index contributed by atoms with van der Waals surface area (Å²) in [5, 5.41) is 23.6. The van der Waals surface area contributed by atoms with E-state index in [0.717, 1.165) is 0 Å². The van der Waals surface area contributed by atoms with Gasteiger partial charge in [0.1, 0.15) is 6.04 Å². The summed E-state index contributed by atoms with van der Waals surface area (Å²) < 4.78 is 0. The highest BCUT2D eigenvalue weighted by Gasteiger charge is 2.30. The molecule has 0 saturated carbocycles. The molecule has 0 aliphatic carbocycles. The van der Waals surface area contributed by atoms with Crippen LogP contribution in [0.1, 0.15) is 12.8 Å². The van der Waals surface area contributed by atoms with E-state index in [9.17, 15) is 9.59 Å². The van der Waals surface area contributed by atoms with Gasteiger partial charge in [-0.25, -0.2) is 4.79 Å². The molecular formula is C9H17N5O3. The lowest BCUT2D eigenvalue weighted by atomic mass is 10.1. The maximum atomic E-state index is 11.5. The molecule has 0 spiro atoms. The van der Waals surface area contributed by atoms with Crippen LogP contribution in [0.4, 0.5) is 0 Å². The lowest BCUT2D eigenvalue weighted by Gasteiger charge is -2.28. The second kappa shape index (κ2) is 6.04. The summed E-state index contributed by atoms with van der Waals surface area (Å²) in [6.45, 7) is 0.745. The molecule has 1 aliphatic heterocycles. The average Bonchev–Trinajstić information content (AvgIpc) is 2.25. The molecule has 1 rings (SSSR count). The lowest BCUT2D eigenvalue weighted by Crippen LogP contribution is -2.60. The van der Waals surface area contributed by atoms with Crippen LogP contribution >= 0.6 is 0 Å². The fourth-order valence-corrected chi connectivity index (χ4v) is 1.59. The Morgan fingerprint density at radius 1 is 1.65 bits per heavy atom. The molecule has 17 heavy (non-hydrogen) atoms. The third-order valence-corrected chi connectivity index (χ3v) is 2.48. The molecule has 7 N–H and O–H groups in total. The fraction of sp³-hybridized carbons (Fsp3) is 0.667. The standard InChI is InChI=1S/C9H17N5O3/c10-9(11)12-3-1-2-5-7(15)14-6(4-13-5)8(16)17/h5-6,13H,1-4H2,(H,14,15)(H,16,17)(H4,10,11,12)/t5-,6+/m0/s1. The number of guanidine groups is 1. The van der Waals surface area contributed by atoms with Gasteiger partial charge in [0, 0.05) is 13.1 Å². The van der Waals surface area contributed by atoms with E-state index in [1.54, 1.807) is 0 Å². The van der Waals surface area contributed by atoms with Crippen LogP contribution < -0.4 is 21.7 Å². The van der Waals surface area contributed by atoms with Crippen molar-refractivity contribution in [1.82, 2.24) is 16.0 Å². The smallest absolute Gasteiger partial charge is 0.327 e. The third-order valence-electron chi connectivity index (χ3n) is 2.48. The highest BCUT2D eigenvalue weighted by atomic mass is 16.4. The molecule has 1 saturated heterocycles. The zero-order chi connectivity index (χ0) is 12.8. The maximum Gasteiger partial charge on any atom is 0.327 e. The highest BCUT2D eigenvalue weighted by Crippen LogP contribution is 2.02. The Balaban J connectivity index is 2.25. The summed E-state index contributed by atoms with van der Waals surface area (Å²) in [5.41, 5.74) is 5.10. The number of carbonyl (C=O) groups excluding carboxylic acids is 1. The number of nitrogens with one attached hydrogen (secondary N) is 4. The molecule has 1 heterocycles. The number of aliphatic carboxylic acids is 1. The van der Waals surface area contributed by atoms with Gasteiger partial charge in [-0.1, -0.05) is 0 Å². The van der Waals surface area contributed by atoms with E-state index >= 15 is 0 Å². The summed E-state index contributed by atoms with van der Waals surface area (Å²) in [7, 11) is 0. The zero-order valence-corrected chi connectivity index (χ0v) is 9.32. The number of hydrogen-bond acceptors (Lipinski definition) is 4. The van der Waals surface area contributed by atoms with E-state index in [4.69, 9.17) is 16.2 Å². The molecule has 1 amide bonds. The Morgan fingerprint density at radius 3 is 2.88 bits per heavy atom. The van der Waals surface area contributed by atoms with Crippen LogP contribution in [0.15, 0.2) is 0 Å². The van der Waals surface area contributed by atoms with E-state index in [-0.39, 0.29) is 24.5 Å². The molecule has 0 unspecified atom stereocenters. The van der Waals surface area contributed by atoms with E-state index < -0.39 is 12.0 Å². The van der Waals surface area contributed by atoms with E-state index in [1.807, 2.05) is 0 Å². The Labute approximate surface area is 98.4 Å². The Bertz CT molecular complexity index is 320. The van der Waals surface area contributed by atoms with Crippen molar-refractivity contribution in [1.29, 1.82) is 5.41 Å². The second-order valence-corrected chi connectivity index (χ2v) is 3.84. The number of amides is 1. The molecule has 0 aromatic heterocycles. The molecule has 0 aromatic carbocycles. The molecule has 0 radical (unpaired) electrons. The van der Waals surface area contributed by atoms with Crippen molar-refractivity contribution in [2.45, 2.75) is 24.9 Å². The predicted molar refractivity (Wildman–Crippen MR) is 60.5 cm³/mol. The largest absolute Gasteiger partial charge is 0.480 e. The first kappa shape index (κ1) is 13.2. The van der Waals surface area contributed by atoms with Crippen molar-refractivity contribution in [3.8, 4) is 0 Å². The molecule has 8 nitrogen and oxygen atoms in total. The third kappa shape index (κ3) is 4.27. The molecule has 0 aromatic rings. The number of carboxylic acids is 1. The molecule has 2 atom stereocenters. The van der Waals surface area contributed by atoms with Gasteiger partial charge in [0.25, 0.3) is 0 Å². The van der Waals surface area contributed by atoms with Crippen molar-refractivity contribution in [3.63, 3.8) is 0 Å². The predicted octanol–water partition coefficient (Wildman–Crippen LogP) is -2.21. The van der Waals surface area contributed by atoms with Gasteiger partial charge in [0.05, 0.1) is 6.04 Å². The molecule has 96 valence electrons. The van der Waals surface area contributed by atoms with Crippen molar-refractivity contribution in [3.05, 3.63) is 0 Å². The van der Waals surface area contributed by atoms with Gasteiger partial charge in [-0.15, -0.1) is 0 Å². The minimum Gasteiger partial charge on any atom is -0.480 e. The minimum atomic E-state index is -1.04. The van der Waals surface area contributed by atoms with Crippen molar-refractivity contribution >= 4 is 17.8 Å². The number of piperazine rings is 1. The van der Waals surface area contributed by atoms with Gasteiger partial charge in [-0.05, 0) is 12.8 Å². The Kier molecular flexibility index (Phi) is 4.70. The van der Waals surface area contributed by atoms with E-state index in [1.165, 1.54) is 0 Å². The summed E-state index contributed by atoms with van der Waals surface area (Å²) in [5.74, 6) is -1.44. The first-order valence-electron chi connectivity index (χ1n) is 5.35. The van der Waals surface area contributed by atoms with Crippen LogP contribution in [-0.4, -0.2) is 48.1 Å². The van der Waals surface area contributed by atoms with Gasteiger partial charge in [-0.2, -0.15) is 0 Å². The molecule has 1 aliphatic rings. The first-order chi connectivity index (χ1) is 8.00. The normalized spacial score (nSPS) is 23.9. The maximum absolute atomic E-state index is 11.5. The van der Waals surface area contributed by atoms with Crippen molar-refractivity contribution < 1.29 is 14.7 Å². The van der Waals surface area contributed by atoms with Crippen LogP contribution in [0.25, 0.3) is 0 Å². The van der Waals surface area contributed by atoms with Crippen LogP contribution in [0.5, 0.6) is 0 Å². The Hall–Kier alpha value is -1.83. The highest BCUT2D eigenvalue weighted by molar-refractivity contribution is 5.88. The zero-order valence-electron chi connectivity index (χ0n) is 9.32. The monoisotopic (exact) mass is 243 g/mol. The van der Waals surface area contributed by atoms with Crippen molar-refractivity contribution in [2.75, 3.05) is 13.1 Å². The van der Waals surface area contributed by atoms with Gasteiger partial charge in [-0.3, -0.25) is 10.2 Å². The number of rotatable bonds is 5. The number of carboxylic acid groups (broad SMARTS) is 1. The molecule has 8 heteroatoms.